The molecule has 1 aromatic rings. The van der Waals surface area contributed by atoms with E-state index in [4.69, 9.17) is 17.0 Å². The molecule has 1 fully saturated rings. The van der Waals surface area contributed by atoms with E-state index >= 15 is 0 Å². The lowest BCUT2D eigenvalue weighted by atomic mass is 9.72. The van der Waals surface area contributed by atoms with E-state index in [2.05, 4.69) is 35.1 Å². The lowest BCUT2D eigenvalue weighted by molar-refractivity contribution is -0.0131. The summed E-state index contributed by atoms with van der Waals surface area (Å²) in [6, 6.07) is 2.06. The molecule has 102 valence electrons. The third kappa shape index (κ3) is 3.08. The number of hydrogen-bond donors (Lipinski definition) is 0. The smallest absolute Gasteiger partial charge is 0.0957 e. The second-order valence-corrected chi connectivity index (χ2v) is 5.64. The SMILES string of the molecule is COC1[C@H](C)CC(c2ccncc2N=C=S)C[C@@H]1C. The Bertz CT molecular complexity index is 473. The van der Waals surface area contributed by atoms with Crippen LogP contribution in [-0.4, -0.2) is 23.4 Å². The molecule has 0 aromatic carbocycles. The number of pyridine rings is 1. The van der Waals surface area contributed by atoms with Gasteiger partial charge in [-0.1, -0.05) is 13.8 Å². The van der Waals surface area contributed by atoms with Gasteiger partial charge in [0.2, 0.25) is 0 Å². The summed E-state index contributed by atoms with van der Waals surface area (Å²) >= 11 is 4.71. The van der Waals surface area contributed by atoms with Crippen LogP contribution < -0.4 is 0 Å². The van der Waals surface area contributed by atoms with Gasteiger partial charge in [-0.05, 0) is 54.4 Å². The molecule has 4 heteroatoms. The van der Waals surface area contributed by atoms with Crippen LogP contribution in [0.1, 0.15) is 38.2 Å². The molecule has 1 aromatic heterocycles. The van der Waals surface area contributed by atoms with Gasteiger partial charge in [0.15, 0.2) is 0 Å². The minimum atomic E-state index is 0.357. The molecule has 2 unspecified atom stereocenters. The Kier molecular flexibility index (Phi) is 4.81. The molecule has 1 heterocycles. The highest BCUT2D eigenvalue weighted by molar-refractivity contribution is 7.78. The van der Waals surface area contributed by atoms with Crippen molar-refractivity contribution < 1.29 is 4.74 Å². The molecule has 1 aliphatic rings. The van der Waals surface area contributed by atoms with Gasteiger partial charge in [-0.3, -0.25) is 4.98 Å². The molecule has 0 bridgehead atoms. The summed E-state index contributed by atoms with van der Waals surface area (Å²) in [6.45, 7) is 4.53. The Labute approximate surface area is 120 Å². The second kappa shape index (κ2) is 6.38. The molecule has 3 nitrogen and oxygen atoms in total. The Balaban J connectivity index is 2.26. The molecular formula is C15H20N2OS. The van der Waals surface area contributed by atoms with E-state index in [-0.39, 0.29) is 0 Å². The largest absolute Gasteiger partial charge is 0.381 e. The number of aromatic nitrogens is 1. The van der Waals surface area contributed by atoms with Crippen LogP contribution >= 0.6 is 12.2 Å². The molecule has 1 saturated carbocycles. The summed E-state index contributed by atoms with van der Waals surface area (Å²) in [4.78, 5) is 8.27. The predicted octanol–water partition coefficient (Wildman–Crippen LogP) is 3.98. The monoisotopic (exact) mass is 276 g/mol. The third-order valence-electron chi connectivity index (χ3n) is 4.15. The van der Waals surface area contributed by atoms with Gasteiger partial charge in [0.05, 0.1) is 23.1 Å². The van der Waals surface area contributed by atoms with E-state index in [1.807, 2.05) is 13.3 Å². The number of rotatable bonds is 3. The molecule has 19 heavy (non-hydrogen) atoms. The molecule has 1 aliphatic carbocycles. The summed E-state index contributed by atoms with van der Waals surface area (Å²) in [5.74, 6) is 1.61. The average Bonchev–Trinajstić information content (AvgIpc) is 2.39. The predicted molar refractivity (Wildman–Crippen MR) is 80.0 cm³/mol. The first kappa shape index (κ1) is 14.3. The topological polar surface area (TPSA) is 34.5 Å². The van der Waals surface area contributed by atoms with Crippen LogP contribution in [0.25, 0.3) is 0 Å². The highest BCUT2D eigenvalue weighted by atomic mass is 32.1. The number of ether oxygens (including phenoxy) is 1. The maximum atomic E-state index is 5.61. The average molecular weight is 276 g/mol. The Morgan fingerprint density at radius 3 is 2.63 bits per heavy atom. The van der Waals surface area contributed by atoms with Crippen molar-refractivity contribution in [3.63, 3.8) is 0 Å². The number of methoxy groups -OCH3 is 1. The molecule has 0 spiro atoms. The van der Waals surface area contributed by atoms with E-state index < -0.39 is 0 Å². The van der Waals surface area contributed by atoms with Crippen LogP contribution in [0.4, 0.5) is 5.69 Å². The Morgan fingerprint density at radius 1 is 1.37 bits per heavy atom. The van der Waals surface area contributed by atoms with Crippen LogP contribution in [0.2, 0.25) is 0 Å². The third-order valence-corrected chi connectivity index (χ3v) is 4.24. The first-order valence-electron chi connectivity index (χ1n) is 6.72. The van der Waals surface area contributed by atoms with Crippen molar-refractivity contribution in [2.24, 2.45) is 16.8 Å². The highest BCUT2D eigenvalue weighted by Gasteiger charge is 2.34. The lowest BCUT2D eigenvalue weighted by Gasteiger charge is -2.38. The fraction of sp³-hybridized carbons (Fsp3) is 0.600. The number of aliphatic imine (C=N–C) groups is 1. The van der Waals surface area contributed by atoms with Crippen molar-refractivity contribution in [3.8, 4) is 0 Å². The van der Waals surface area contributed by atoms with Gasteiger partial charge in [0, 0.05) is 13.3 Å². The van der Waals surface area contributed by atoms with E-state index in [1.54, 1.807) is 6.20 Å². The molecule has 2 rings (SSSR count). The van der Waals surface area contributed by atoms with E-state index in [0.717, 1.165) is 18.5 Å². The van der Waals surface area contributed by atoms with E-state index in [1.165, 1.54) is 5.56 Å². The van der Waals surface area contributed by atoms with Crippen LogP contribution in [-0.2, 0) is 4.74 Å². The van der Waals surface area contributed by atoms with Crippen molar-refractivity contribution in [3.05, 3.63) is 24.0 Å². The fourth-order valence-corrected chi connectivity index (χ4v) is 3.52. The molecule has 4 atom stereocenters. The second-order valence-electron chi connectivity index (χ2n) is 5.46. The number of thiocarbonyl (C=S) groups is 1. The standard InChI is InChI=1S/C15H20N2OS/c1-10-6-12(7-11(2)15(10)18-3)13-4-5-16-8-14(13)17-9-19/h4-5,8,10-12,15H,6-7H2,1-3H3/t10-,11+,12?,15?. The summed E-state index contributed by atoms with van der Waals surface area (Å²) in [6.07, 6.45) is 6.19. The highest BCUT2D eigenvalue weighted by Crippen LogP contribution is 2.42. The van der Waals surface area contributed by atoms with Crippen molar-refractivity contribution in [1.82, 2.24) is 4.98 Å². The summed E-state index contributed by atoms with van der Waals surface area (Å²) in [7, 11) is 1.81. The fourth-order valence-electron chi connectivity index (χ4n) is 3.43. The van der Waals surface area contributed by atoms with E-state index in [0.29, 0.717) is 23.9 Å². The molecule has 0 N–H and O–H groups in total. The Morgan fingerprint density at radius 2 is 2.05 bits per heavy atom. The van der Waals surface area contributed by atoms with Gasteiger partial charge in [0.25, 0.3) is 0 Å². The van der Waals surface area contributed by atoms with Gasteiger partial charge in [0.1, 0.15) is 0 Å². The van der Waals surface area contributed by atoms with Gasteiger partial charge >= 0.3 is 0 Å². The molecular weight excluding hydrogens is 256 g/mol. The molecule has 0 amide bonds. The maximum Gasteiger partial charge on any atom is 0.0957 e. The minimum absolute atomic E-state index is 0.357. The van der Waals surface area contributed by atoms with Crippen LogP contribution in [0, 0.1) is 11.8 Å². The molecule has 0 aliphatic heterocycles. The van der Waals surface area contributed by atoms with Crippen molar-refractivity contribution >= 4 is 23.1 Å². The van der Waals surface area contributed by atoms with E-state index in [9.17, 15) is 0 Å². The van der Waals surface area contributed by atoms with Gasteiger partial charge in [-0.25, -0.2) is 0 Å². The van der Waals surface area contributed by atoms with Gasteiger partial charge in [-0.2, -0.15) is 4.99 Å². The zero-order valence-corrected chi connectivity index (χ0v) is 12.5. The molecule has 0 saturated heterocycles. The summed E-state index contributed by atoms with van der Waals surface area (Å²) in [5, 5.41) is 2.45. The van der Waals surface area contributed by atoms with Gasteiger partial charge < -0.3 is 4.74 Å². The first-order valence-corrected chi connectivity index (χ1v) is 7.12. The number of nitrogens with zero attached hydrogens (tertiary/aromatic N) is 2. The van der Waals surface area contributed by atoms with Crippen molar-refractivity contribution in [2.45, 2.75) is 38.7 Å². The Hall–Kier alpha value is -1.09. The van der Waals surface area contributed by atoms with Crippen LogP contribution in [0.15, 0.2) is 23.5 Å². The number of isothiocyanates is 1. The van der Waals surface area contributed by atoms with Crippen LogP contribution in [0.3, 0.4) is 0 Å². The lowest BCUT2D eigenvalue weighted by Crippen LogP contribution is -2.35. The van der Waals surface area contributed by atoms with Crippen molar-refractivity contribution in [2.75, 3.05) is 7.11 Å². The summed E-state index contributed by atoms with van der Waals surface area (Å²) in [5.41, 5.74) is 2.10. The normalized spacial score (nSPS) is 30.7. The van der Waals surface area contributed by atoms with Crippen molar-refractivity contribution in [1.29, 1.82) is 0 Å². The first-order chi connectivity index (χ1) is 9.17. The van der Waals surface area contributed by atoms with Crippen LogP contribution in [0.5, 0.6) is 0 Å². The minimum Gasteiger partial charge on any atom is -0.381 e. The zero-order chi connectivity index (χ0) is 13.8. The zero-order valence-electron chi connectivity index (χ0n) is 11.7. The maximum absolute atomic E-state index is 5.61. The van der Waals surface area contributed by atoms with Gasteiger partial charge in [-0.15, -0.1) is 0 Å². The quantitative estimate of drug-likeness (QED) is 0.618. The summed E-state index contributed by atoms with van der Waals surface area (Å²) < 4.78 is 5.61. The molecule has 0 radical (unpaired) electrons. The number of hydrogen-bond acceptors (Lipinski definition) is 4.